The van der Waals surface area contributed by atoms with Gasteiger partial charge in [-0.15, -0.1) is 0 Å². The van der Waals surface area contributed by atoms with Crippen molar-refractivity contribution in [2.45, 2.75) is 44.9 Å². The third-order valence-electron chi connectivity index (χ3n) is 3.94. The topological polar surface area (TPSA) is 55.4 Å². The van der Waals surface area contributed by atoms with Gasteiger partial charge in [0.25, 0.3) is 0 Å². The maximum Gasteiger partial charge on any atom is 0.312 e. The largest absolute Gasteiger partial charge is 0.312 e. The molecule has 1 aliphatic carbocycles. The molecule has 1 N–H and O–H groups in total. The lowest BCUT2D eigenvalue weighted by Crippen LogP contribution is -2.22. The van der Waals surface area contributed by atoms with Gasteiger partial charge in [0.15, 0.2) is 0 Å². The molecule has 0 fully saturated rings. The van der Waals surface area contributed by atoms with Crippen LogP contribution in [0.5, 0.6) is 0 Å². The Morgan fingerprint density at radius 1 is 1.09 bits per heavy atom. The lowest BCUT2D eigenvalue weighted by molar-refractivity contribution is 0.205. The van der Waals surface area contributed by atoms with Gasteiger partial charge in [0.2, 0.25) is 0 Å². The average molecular weight is 321 g/mol. The summed E-state index contributed by atoms with van der Waals surface area (Å²) in [6, 6.07) is 6.60. The molecule has 0 saturated heterocycles. The third-order valence-corrected chi connectivity index (χ3v) is 5.13. The molecular formula is C17H23NO3S. The summed E-state index contributed by atoms with van der Waals surface area (Å²) in [5.74, 6) is 0. The summed E-state index contributed by atoms with van der Waals surface area (Å²) in [4.78, 5) is 0.164. The van der Waals surface area contributed by atoms with Crippen LogP contribution in [0.25, 0.3) is 0 Å². The number of allylic oxidation sites excluding steroid dienone is 3. The Hall–Kier alpha value is -1.43. The Bertz CT molecular complexity index is 685. The highest BCUT2D eigenvalue weighted by molar-refractivity contribution is 7.86. The summed E-state index contributed by atoms with van der Waals surface area (Å²) in [7, 11) is -3.74. The molecule has 0 aromatic heterocycles. The van der Waals surface area contributed by atoms with Gasteiger partial charge >= 0.3 is 10.1 Å². The standard InChI is InChI=1S/C17H23NO3S/c1-13-4-8-17(9-5-13)22(19,20)21-18-11-10-16-7-6-14(2)15(3)12-16/h4-5,7-9,18H,6,10-12H2,1-3H3. The molecule has 0 heterocycles. The summed E-state index contributed by atoms with van der Waals surface area (Å²) in [5, 5.41) is 0. The minimum absolute atomic E-state index is 0.164. The monoisotopic (exact) mass is 321 g/mol. The number of hydrogen-bond acceptors (Lipinski definition) is 4. The first-order chi connectivity index (χ1) is 10.4. The number of nitrogens with one attached hydrogen (secondary N) is 1. The van der Waals surface area contributed by atoms with E-state index in [-0.39, 0.29) is 4.90 Å². The van der Waals surface area contributed by atoms with Gasteiger partial charge in [-0.3, -0.25) is 0 Å². The summed E-state index contributed by atoms with van der Waals surface area (Å²) < 4.78 is 28.8. The van der Waals surface area contributed by atoms with Crippen molar-refractivity contribution < 1.29 is 12.7 Å². The molecular weight excluding hydrogens is 298 g/mol. The molecule has 0 saturated carbocycles. The number of rotatable bonds is 6. The minimum Gasteiger partial charge on any atom is -0.192 e. The SMILES string of the molecule is CC1=C(C)CC(CCNOS(=O)(=O)c2ccc(C)cc2)=CC1. The van der Waals surface area contributed by atoms with Gasteiger partial charge in [-0.25, -0.2) is 0 Å². The van der Waals surface area contributed by atoms with Gasteiger partial charge in [0.05, 0.1) is 4.90 Å². The Morgan fingerprint density at radius 2 is 1.77 bits per heavy atom. The first-order valence-electron chi connectivity index (χ1n) is 7.44. The van der Waals surface area contributed by atoms with Crippen molar-refractivity contribution >= 4 is 10.1 Å². The van der Waals surface area contributed by atoms with Gasteiger partial charge in [-0.1, -0.05) is 40.5 Å². The Labute approximate surface area is 133 Å². The second-order valence-corrected chi connectivity index (χ2v) is 7.35. The molecule has 0 atom stereocenters. The van der Waals surface area contributed by atoms with E-state index in [1.807, 2.05) is 6.92 Å². The van der Waals surface area contributed by atoms with Gasteiger partial charge < -0.3 is 0 Å². The number of hydrogen-bond donors (Lipinski definition) is 1. The molecule has 0 unspecified atom stereocenters. The highest BCUT2D eigenvalue weighted by atomic mass is 32.2. The van der Waals surface area contributed by atoms with Crippen molar-refractivity contribution in [2.24, 2.45) is 0 Å². The Balaban J connectivity index is 1.80. The Morgan fingerprint density at radius 3 is 2.41 bits per heavy atom. The van der Waals surface area contributed by atoms with Crippen LogP contribution in [0.15, 0.2) is 52.0 Å². The van der Waals surface area contributed by atoms with Crippen LogP contribution in [0.1, 0.15) is 38.7 Å². The lowest BCUT2D eigenvalue weighted by Gasteiger charge is -2.16. The van der Waals surface area contributed by atoms with Crippen LogP contribution >= 0.6 is 0 Å². The van der Waals surface area contributed by atoms with Gasteiger partial charge in [0, 0.05) is 6.54 Å². The number of benzene rings is 1. The van der Waals surface area contributed by atoms with Crippen molar-refractivity contribution in [2.75, 3.05) is 6.54 Å². The van der Waals surface area contributed by atoms with Crippen LogP contribution in [-0.2, 0) is 14.4 Å². The fourth-order valence-corrected chi connectivity index (χ4v) is 3.11. The second-order valence-electron chi connectivity index (χ2n) is 5.80. The fraction of sp³-hybridized carbons (Fsp3) is 0.412. The zero-order valence-corrected chi connectivity index (χ0v) is 14.2. The maximum atomic E-state index is 12.0. The third kappa shape index (κ3) is 4.53. The minimum atomic E-state index is -3.74. The van der Waals surface area contributed by atoms with Crippen LogP contribution < -0.4 is 5.48 Å². The maximum absolute atomic E-state index is 12.0. The first-order valence-corrected chi connectivity index (χ1v) is 8.85. The normalized spacial score (nSPS) is 15.9. The lowest BCUT2D eigenvalue weighted by atomic mass is 9.92. The van der Waals surface area contributed by atoms with Crippen molar-refractivity contribution in [1.82, 2.24) is 5.48 Å². The van der Waals surface area contributed by atoms with E-state index in [9.17, 15) is 8.42 Å². The molecule has 0 spiro atoms. The van der Waals surface area contributed by atoms with E-state index in [0.717, 1.165) is 24.8 Å². The van der Waals surface area contributed by atoms with Crippen LogP contribution in [0.2, 0.25) is 0 Å². The summed E-state index contributed by atoms with van der Waals surface area (Å²) in [6.45, 7) is 6.68. The predicted molar refractivity (Wildman–Crippen MR) is 87.8 cm³/mol. The van der Waals surface area contributed by atoms with Crippen LogP contribution in [0, 0.1) is 6.92 Å². The summed E-state index contributed by atoms with van der Waals surface area (Å²) >= 11 is 0. The second kappa shape index (κ2) is 7.22. The highest BCUT2D eigenvalue weighted by Gasteiger charge is 2.15. The molecule has 0 amide bonds. The molecule has 22 heavy (non-hydrogen) atoms. The van der Waals surface area contributed by atoms with Gasteiger partial charge in [-0.05, 0) is 52.2 Å². The van der Waals surface area contributed by atoms with E-state index in [0.29, 0.717) is 6.54 Å². The molecule has 4 nitrogen and oxygen atoms in total. The molecule has 0 radical (unpaired) electrons. The van der Waals surface area contributed by atoms with Crippen molar-refractivity contribution in [3.8, 4) is 0 Å². The molecule has 0 aliphatic heterocycles. The molecule has 0 bridgehead atoms. The van der Waals surface area contributed by atoms with E-state index in [2.05, 4.69) is 25.4 Å². The average Bonchev–Trinajstić information content (AvgIpc) is 2.48. The predicted octanol–water partition coefficient (Wildman–Crippen LogP) is 3.65. The molecule has 2 rings (SSSR count). The quantitative estimate of drug-likeness (QED) is 0.493. The van der Waals surface area contributed by atoms with E-state index in [1.165, 1.54) is 16.7 Å². The van der Waals surface area contributed by atoms with Gasteiger partial charge in [0.1, 0.15) is 0 Å². The molecule has 1 aromatic rings. The smallest absolute Gasteiger partial charge is 0.192 e. The van der Waals surface area contributed by atoms with Crippen LogP contribution in [-0.4, -0.2) is 15.0 Å². The van der Waals surface area contributed by atoms with E-state index in [1.54, 1.807) is 24.3 Å². The fourth-order valence-electron chi connectivity index (χ4n) is 2.31. The van der Waals surface area contributed by atoms with Crippen LogP contribution in [0.4, 0.5) is 0 Å². The molecule has 120 valence electrons. The summed E-state index contributed by atoms with van der Waals surface area (Å²) in [5.41, 5.74) is 7.74. The van der Waals surface area contributed by atoms with Crippen molar-refractivity contribution in [3.63, 3.8) is 0 Å². The van der Waals surface area contributed by atoms with E-state index in [4.69, 9.17) is 4.28 Å². The van der Waals surface area contributed by atoms with Crippen molar-refractivity contribution in [3.05, 3.63) is 52.6 Å². The van der Waals surface area contributed by atoms with E-state index < -0.39 is 10.1 Å². The summed E-state index contributed by atoms with van der Waals surface area (Å²) in [6.07, 6.45) is 4.97. The highest BCUT2D eigenvalue weighted by Crippen LogP contribution is 2.25. The van der Waals surface area contributed by atoms with E-state index >= 15 is 0 Å². The van der Waals surface area contributed by atoms with Gasteiger partial charge in [-0.2, -0.15) is 18.2 Å². The van der Waals surface area contributed by atoms with Crippen molar-refractivity contribution in [1.29, 1.82) is 0 Å². The Kier molecular flexibility index (Phi) is 5.56. The first kappa shape index (κ1) is 16.9. The molecule has 1 aliphatic rings. The zero-order chi connectivity index (χ0) is 16.2. The number of hydroxylamine groups is 1. The van der Waals surface area contributed by atoms with Crippen LogP contribution in [0.3, 0.4) is 0 Å². The molecule has 5 heteroatoms. The number of aryl methyl sites for hydroxylation is 1. The molecule has 1 aromatic carbocycles. The zero-order valence-electron chi connectivity index (χ0n) is 13.3.